The second-order valence-electron chi connectivity index (χ2n) is 8.42. The van der Waals surface area contributed by atoms with Crippen molar-refractivity contribution in [2.75, 3.05) is 31.0 Å². The summed E-state index contributed by atoms with van der Waals surface area (Å²) in [5.41, 5.74) is 3.25. The van der Waals surface area contributed by atoms with E-state index < -0.39 is 5.92 Å². The number of benzene rings is 2. The summed E-state index contributed by atoms with van der Waals surface area (Å²) in [7, 11) is 3.22. The van der Waals surface area contributed by atoms with Crippen LogP contribution in [0.15, 0.2) is 60.0 Å². The first kappa shape index (κ1) is 23.6. The van der Waals surface area contributed by atoms with E-state index in [4.69, 9.17) is 14.5 Å². The number of rotatable bonds is 7. The molecule has 0 aliphatic carbocycles. The van der Waals surface area contributed by atoms with Gasteiger partial charge in [0.05, 0.1) is 31.5 Å². The lowest BCUT2D eigenvalue weighted by Gasteiger charge is -2.17. The van der Waals surface area contributed by atoms with Gasteiger partial charge >= 0.3 is 0 Å². The summed E-state index contributed by atoms with van der Waals surface area (Å²) in [6, 6.07) is 16.7. The fourth-order valence-electron chi connectivity index (χ4n) is 4.11. The second kappa shape index (κ2) is 9.82. The average molecular weight is 504 g/mol. The van der Waals surface area contributed by atoms with Crippen LogP contribution in [0.2, 0.25) is 0 Å². The van der Waals surface area contributed by atoms with Gasteiger partial charge in [0.1, 0.15) is 17.3 Å². The number of hydrogen-bond acceptors (Lipinski definition) is 7. The lowest BCUT2D eigenvalue weighted by Crippen LogP contribution is -2.28. The molecule has 1 aliphatic heterocycles. The number of thiazole rings is 1. The van der Waals surface area contributed by atoms with Gasteiger partial charge in [-0.2, -0.15) is 9.78 Å². The summed E-state index contributed by atoms with van der Waals surface area (Å²) in [5.74, 6) is 1.21. The molecular weight excluding hydrogens is 478 g/mol. The van der Waals surface area contributed by atoms with Crippen LogP contribution in [0.3, 0.4) is 0 Å². The lowest BCUT2D eigenvalue weighted by molar-refractivity contribution is -0.122. The molecule has 2 aromatic heterocycles. The first-order valence-electron chi connectivity index (χ1n) is 11.4. The van der Waals surface area contributed by atoms with Crippen LogP contribution in [-0.2, 0) is 9.59 Å². The van der Waals surface area contributed by atoms with Crippen molar-refractivity contribution in [2.24, 2.45) is 5.92 Å². The highest BCUT2D eigenvalue weighted by molar-refractivity contribution is 7.12. The smallest absolute Gasteiger partial charge is 0.230 e. The number of carbonyl (C=O) groups is 2. The van der Waals surface area contributed by atoms with Crippen LogP contribution < -0.4 is 19.7 Å². The second-order valence-corrected chi connectivity index (χ2v) is 9.26. The lowest BCUT2D eigenvalue weighted by atomic mass is 10.1. The van der Waals surface area contributed by atoms with Gasteiger partial charge in [-0.25, -0.2) is 4.98 Å². The molecule has 0 bridgehead atoms. The fraction of sp³-hybridized carbons (Fsp3) is 0.231. The van der Waals surface area contributed by atoms with Crippen LogP contribution in [-0.4, -0.2) is 47.3 Å². The monoisotopic (exact) mass is 503 g/mol. The SMILES string of the molecule is COc1ccc(-c2csc(-n3nc(C)cc3NC(=O)C3CC(=O)N(c4ccc(OC)cc4)C3)n2)cc1. The molecule has 1 atom stereocenters. The van der Waals surface area contributed by atoms with E-state index in [1.807, 2.05) is 48.7 Å². The Kier molecular flexibility index (Phi) is 6.43. The Morgan fingerprint density at radius 2 is 1.72 bits per heavy atom. The van der Waals surface area contributed by atoms with Crippen molar-refractivity contribution in [3.8, 4) is 27.9 Å². The van der Waals surface area contributed by atoms with Crippen molar-refractivity contribution in [3.63, 3.8) is 0 Å². The maximum atomic E-state index is 13.1. The standard InChI is InChI=1S/C26H25N5O4S/c1-16-12-23(31(29-16)26-27-22(15-36-26)17-4-8-20(34-2)9-5-17)28-25(33)18-13-24(32)30(14-18)19-6-10-21(35-3)11-7-19/h4-12,15,18H,13-14H2,1-3H3,(H,28,33). The molecule has 1 N–H and O–H groups in total. The normalized spacial score (nSPS) is 15.2. The zero-order valence-corrected chi connectivity index (χ0v) is 20.9. The summed E-state index contributed by atoms with van der Waals surface area (Å²) in [4.78, 5) is 32.1. The molecule has 0 saturated carbocycles. The molecular formula is C26H25N5O4S. The van der Waals surface area contributed by atoms with Gasteiger partial charge in [0.15, 0.2) is 0 Å². The number of nitrogens with zero attached hydrogens (tertiary/aromatic N) is 4. The largest absolute Gasteiger partial charge is 0.497 e. The minimum absolute atomic E-state index is 0.0888. The number of carbonyl (C=O) groups excluding carboxylic acids is 2. The molecule has 36 heavy (non-hydrogen) atoms. The molecule has 0 radical (unpaired) electrons. The van der Waals surface area contributed by atoms with Crippen LogP contribution in [0.1, 0.15) is 12.1 Å². The van der Waals surface area contributed by atoms with Crippen LogP contribution in [0.5, 0.6) is 11.5 Å². The number of hydrogen-bond donors (Lipinski definition) is 1. The molecule has 5 rings (SSSR count). The topological polar surface area (TPSA) is 98.6 Å². The molecule has 2 aromatic carbocycles. The highest BCUT2D eigenvalue weighted by Crippen LogP contribution is 2.30. The Labute approximate surface area is 212 Å². The minimum Gasteiger partial charge on any atom is -0.497 e. The third-order valence-corrected chi connectivity index (χ3v) is 6.84. The summed E-state index contributed by atoms with van der Waals surface area (Å²) in [5, 5.41) is 10.1. The Morgan fingerprint density at radius 1 is 1.06 bits per heavy atom. The fourth-order valence-corrected chi connectivity index (χ4v) is 4.91. The maximum Gasteiger partial charge on any atom is 0.230 e. The Bertz CT molecular complexity index is 1390. The first-order chi connectivity index (χ1) is 17.4. The highest BCUT2D eigenvalue weighted by atomic mass is 32.1. The maximum absolute atomic E-state index is 13.1. The molecule has 0 spiro atoms. The molecule has 4 aromatic rings. The number of amides is 2. The predicted molar refractivity (Wildman–Crippen MR) is 138 cm³/mol. The molecule has 184 valence electrons. The van der Waals surface area contributed by atoms with E-state index in [0.717, 1.165) is 28.4 Å². The van der Waals surface area contributed by atoms with E-state index in [1.54, 1.807) is 42.0 Å². The van der Waals surface area contributed by atoms with Crippen molar-refractivity contribution < 1.29 is 19.1 Å². The van der Waals surface area contributed by atoms with Crippen LogP contribution in [0.4, 0.5) is 11.5 Å². The number of anilines is 2. The summed E-state index contributed by atoms with van der Waals surface area (Å²) < 4.78 is 12.0. The molecule has 2 amide bonds. The zero-order chi connectivity index (χ0) is 25.2. The van der Waals surface area contributed by atoms with Gasteiger partial charge in [0.25, 0.3) is 0 Å². The van der Waals surface area contributed by atoms with E-state index in [9.17, 15) is 9.59 Å². The van der Waals surface area contributed by atoms with Gasteiger partial charge in [-0.05, 0) is 55.5 Å². The first-order valence-corrected chi connectivity index (χ1v) is 12.3. The van der Waals surface area contributed by atoms with E-state index in [2.05, 4.69) is 10.4 Å². The summed E-state index contributed by atoms with van der Waals surface area (Å²) in [6.07, 6.45) is 0.143. The number of aryl methyl sites for hydroxylation is 1. The Morgan fingerprint density at radius 3 is 2.39 bits per heavy atom. The van der Waals surface area contributed by atoms with Crippen molar-refractivity contribution in [1.82, 2.24) is 14.8 Å². The number of ether oxygens (including phenoxy) is 2. The molecule has 10 heteroatoms. The van der Waals surface area contributed by atoms with Crippen LogP contribution >= 0.6 is 11.3 Å². The number of methoxy groups -OCH3 is 2. The summed E-state index contributed by atoms with van der Waals surface area (Å²) >= 11 is 1.43. The highest BCUT2D eigenvalue weighted by Gasteiger charge is 2.35. The van der Waals surface area contributed by atoms with E-state index in [-0.39, 0.29) is 18.2 Å². The number of nitrogens with one attached hydrogen (secondary N) is 1. The minimum atomic E-state index is -0.477. The zero-order valence-electron chi connectivity index (χ0n) is 20.1. The van der Waals surface area contributed by atoms with Gasteiger partial charge in [0.2, 0.25) is 16.9 Å². The quantitative estimate of drug-likeness (QED) is 0.404. The third kappa shape index (κ3) is 4.67. The summed E-state index contributed by atoms with van der Waals surface area (Å²) in [6.45, 7) is 2.16. The Hall–Kier alpha value is -4.18. The van der Waals surface area contributed by atoms with E-state index >= 15 is 0 Å². The van der Waals surface area contributed by atoms with E-state index in [1.165, 1.54) is 11.3 Å². The predicted octanol–water partition coefficient (Wildman–Crippen LogP) is 4.31. The molecule has 1 unspecified atom stereocenters. The molecule has 3 heterocycles. The van der Waals surface area contributed by atoms with E-state index in [0.29, 0.717) is 23.2 Å². The Balaban J connectivity index is 1.31. The molecule has 1 saturated heterocycles. The van der Waals surface area contributed by atoms with Crippen LogP contribution in [0, 0.1) is 12.8 Å². The van der Waals surface area contributed by atoms with Gasteiger partial charge in [-0.15, -0.1) is 11.3 Å². The van der Waals surface area contributed by atoms with Crippen molar-refractivity contribution in [3.05, 3.63) is 65.7 Å². The number of aromatic nitrogens is 3. The van der Waals surface area contributed by atoms with Crippen molar-refractivity contribution >= 4 is 34.7 Å². The van der Waals surface area contributed by atoms with Gasteiger partial charge in [-0.3, -0.25) is 9.59 Å². The van der Waals surface area contributed by atoms with Crippen LogP contribution in [0.25, 0.3) is 16.4 Å². The molecule has 1 fully saturated rings. The third-order valence-electron chi connectivity index (χ3n) is 6.02. The van der Waals surface area contributed by atoms with Gasteiger partial charge < -0.3 is 19.7 Å². The average Bonchev–Trinajstić information content (AvgIpc) is 3.62. The van der Waals surface area contributed by atoms with Gasteiger partial charge in [0, 0.05) is 35.7 Å². The van der Waals surface area contributed by atoms with Crippen molar-refractivity contribution in [2.45, 2.75) is 13.3 Å². The molecule has 9 nitrogen and oxygen atoms in total. The van der Waals surface area contributed by atoms with Gasteiger partial charge in [-0.1, -0.05) is 0 Å². The molecule has 1 aliphatic rings. The van der Waals surface area contributed by atoms with Crippen molar-refractivity contribution in [1.29, 1.82) is 0 Å².